The van der Waals surface area contributed by atoms with Gasteiger partial charge >= 0.3 is 0 Å². The third-order valence-corrected chi connectivity index (χ3v) is 2.74. The van der Waals surface area contributed by atoms with Crippen LogP contribution in [0.1, 0.15) is 20.8 Å². The van der Waals surface area contributed by atoms with Gasteiger partial charge in [0.2, 0.25) is 0 Å². The lowest BCUT2D eigenvalue weighted by Gasteiger charge is -2.09. The molecular formula is C12H19NS. The highest BCUT2D eigenvalue weighted by atomic mass is 32.2. The molecule has 0 fully saturated rings. The zero-order chi connectivity index (χ0) is 10.4. The molecule has 1 N–H and O–H groups in total. The topological polar surface area (TPSA) is 12.0 Å². The molecule has 0 amide bonds. The second-order valence-corrected chi connectivity index (χ2v) is 5.07. The van der Waals surface area contributed by atoms with E-state index in [1.807, 2.05) is 11.8 Å². The first-order chi connectivity index (χ1) is 6.72. The van der Waals surface area contributed by atoms with Gasteiger partial charge in [0.1, 0.15) is 0 Å². The van der Waals surface area contributed by atoms with Gasteiger partial charge in [0.15, 0.2) is 0 Å². The average Bonchev–Trinajstić information content (AvgIpc) is 2.16. The van der Waals surface area contributed by atoms with Crippen LogP contribution in [-0.4, -0.2) is 12.3 Å². The zero-order valence-electron chi connectivity index (χ0n) is 9.21. The molecule has 0 aliphatic rings. The van der Waals surface area contributed by atoms with Crippen LogP contribution in [0.4, 0.5) is 5.69 Å². The van der Waals surface area contributed by atoms with Gasteiger partial charge in [-0.05, 0) is 29.9 Å². The lowest BCUT2D eigenvalue weighted by Crippen LogP contribution is -2.07. The first-order valence-corrected chi connectivity index (χ1v) is 6.17. The van der Waals surface area contributed by atoms with Crippen molar-refractivity contribution in [1.82, 2.24) is 0 Å². The third-order valence-electron chi connectivity index (χ3n) is 1.86. The maximum absolute atomic E-state index is 3.43. The predicted octanol–water partition coefficient (Wildman–Crippen LogP) is 3.87. The normalized spacial score (nSPS) is 10.6. The molecule has 0 heterocycles. The molecule has 0 unspecified atom stereocenters. The van der Waals surface area contributed by atoms with E-state index in [0.717, 1.165) is 12.3 Å². The van der Waals surface area contributed by atoms with Gasteiger partial charge in [-0.2, -0.15) is 0 Å². The van der Waals surface area contributed by atoms with Crippen LogP contribution >= 0.6 is 11.8 Å². The number of thioether (sulfide) groups is 1. The van der Waals surface area contributed by atoms with Gasteiger partial charge in [-0.25, -0.2) is 0 Å². The van der Waals surface area contributed by atoms with Gasteiger partial charge in [0.25, 0.3) is 0 Å². The molecule has 1 aromatic carbocycles. The fourth-order valence-corrected chi connectivity index (χ4v) is 1.90. The van der Waals surface area contributed by atoms with Crippen molar-refractivity contribution in [2.45, 2.75) is 25.7 Å². The van der Waals surface area contributed by atoms with Crippen molar-refractivity contribution in [3.05, 3.63) is 24.3 Å². The maximum atomic E-state index is 3.43. The Morgan fingerprint density at radius 2 is 2.14 bits per heavy atom. The molecule has 14 heavy (non-hydrogen) atoms. The Balaban J connectivity index is 2.54. The number of benzene rings is 1. The van der Waals surface area contributed by atoms with Crippen molar-refractivity contribution >= 4 is 17.4 Å². The lowest BCUT2D eigenvalue weighted by molar-refractivity contribution is 0.689. The summed E-state index contributed by atoms with van der Waals surface area (Å²) in [5, 5.41) is 3.43. The summed E-state index contributed by atoms with van der Waals surface area (Å²) < 4.78 is 0. The number of nitrogens with one attached hydrogen (secondary N) is 1. The van der Waals surface area contributed by atoms with Crippen molar-refractivity contribution in [2.24, 2.45) is 5.92 Å². The highest BCUT2D eigenvalue weighted by molar-refractivity contribution is 7.99. The number of rotatable bonds is 5. The molecule has 0 saturated carbocycles. The molecule has 1 rings (SSSR count). The van der Waals surface area contributed by atoms with E-state index in [9.17, 15) is 0 Å². The Hall–Kier alpha value is -0.630. The molecule has 0 aromatic heterocycles. The standard InChI is InChI=1S/C12H19NS/c1-4-14-12-7-5-6-11(8-12)13-9-10(2)3/h5-8,10,13H,4,9H2,1-3H3. The van der Waals surface area contributed by atoms with Crippen LogP contribution in [0.2, 0.25) is 0 Å². The molecule has 78 valence electrons. The van der Waals surface area contributed by atoms with Crippen molar-refractivity contribution in [2.75, 3.05) is 17.6 Å². The number of hydrogen-bond acceptors (Lipinski definition) is 2. The monoisotopic (exact) mass is 209 g/mol. The molecule has 0 aliphatic heterocycles. The molecule has 0 radical (unpaired) electrons. The smallest absolute Gasteiger partial charge is 0.0351 e. The van der Waals surface area contributed by atoms with Gasteiger partial charge in [0.05, 0.1) is 0 Å². The van der Waals surface area contributed by atoms with E-state index in [1.54, 1.807) is 0 Å². The first-order valence-electron chi connectivity index (χ1n) is 5.19. The van der Waals surface area contributed by atoms with Crippen molar-refractivity contribution < 1.29 is 0 Å². The second-order valence-electron chi connectivity index (χ2n) is 3.74. The van der Waals surface area contributed by atoms with E-state index in [-0.39, 0.29) is 0 Å². The minimum Gasteiger partial charge on any atom is -0.385 e. The Kier molecular flexibility index (Phi) is 4.88. The summed E-state index contributed by atoms with van der Waals surface area (Å²) in [6, 6.07) is 8.62. The van der Waals surface area contributed by atoms with Crippen molar-refractivity contribution in [3.8, 4) is 0 Å². The Labute approximate surface area is 91.3 Å². The fourth-order valence-electron chi connectivity index (χ4n) is 1.18. The van der Waals surface area contributed by atoms with Crippen LogP contribution in [0, 0.1) is 5.92 Å². The summed E-state index contributed by atoms with van der Waals surface area (Å²) in [6.45, 7) is 7.66. The average molecular weight is 209 g/mol. The third kappa shape index (κ3) is 4.05. The van der Waals surface area contributed by atoms with Gasteiger partial charge in [-0.15, -0.1) is 11.8 Å². The Morgan fingerprint density at radius 3 is 2.79 bits per heavy atom. The van der Waals surface area contributed by atoms with Crippen molar-refractivity contribution in [1.29, 1.82) is 0 Å². The lowest BCUT2D eigenvalue weighted by atomic mass is 10.2. The summed E-state index contributed by atoms with van der Waals surface area (Å²) in [6.07, 6.45) is 0. The van der Waals surface area contributed by atoms with E-state index in [2.05, 4.69) is 50.4 Å². The fraction of sp³-hybridized carbons (Fsp3) is 0.500. The van der Waals surface area contributed by atoms with Crippen LogP contribution in [0.5, 0.6) is 0 Å². The molecule has 1 aromatic rings. The first kappa shape index (κ1) is 11.4. The quantitative estimate of drug-likeness (QED) is 0.739. The highest BCUT2D eigenvalue weighted by Gasteiger charge is 1.96. The number of hydrogen-bond donors (Lipinski definition) is 1. The molecule has 2 heteroatoms. The van der Waals surface area contributed by atoms with E-state index in [1.165, 1.54) is 10.6 Å². The summed E-state index contributed by atoms with van der Waals surface area (Å²) in [7, 11) is 0. The highest BCUT2D eigenvalue weighted by Crippen LogP contribution is 2.21. The van der Waals surface area contributed by atoms with Crippen molar-refractivity contribution in [3.63, 3.8) is 0 Å². The zero-order valence-corrected chi connectivity index (χ0v) is 10.0. The van der Waals surface area contributed by atoms with Gasteiger partial charge in [0, 0.05) is 17.1 Å². The predicted molar refractivity (Wildman–Crippen MR) is 66.2 cm³/mol. The molecule has 0 saturated heterocycles. The maximum Gasteiger partial charge on any atom is 0.0351 e. The molecule has 1 nitrogen and oxygen atoms in total. The molecule has 0 aliphatic carbocycles. The molecular weight excluding hydrogens is 190 g/mol. The minimum atomic E-state index is 0.692. The summed E-state index contributed by atoms with van der Waals surface area (Å²) in [5.74, 6) is 1.82. The number of anilines is 1. The van der Waals surface area contributed by atoms with Crippen LogP contribution in [0.3, 0.4) is 0 Å². The van der Waals surface area contributed by atoms with Gasteiger partial charge in [-0.3, -0.25) is 0 Å². The van der Waals surface area contributed by atoms with E-state index in [4.69, 9.17) is 0 Å². The van der Waals surface area contributed by atoms with E-state index in [0.29, 0.717) is 5.92 Å². The largest absolute Gasteiger partial charge is 0.385 e. The minimum absolute atomic E-state index is 0.692. The second kappa shape index (κ2) is 5.97. The molecule has 0 bridgehead atoms. The Bertz CT molecular complexity index is 271. The summed E-state index contributed by atoms with van der Waals surface area (Å²) in [5.41, 5.74) is 1.23. The summed E-state index contributed by atoms with van der Waals surface area (Å²) in [4.78, 5) is 1.35. The summed E-state index contributed by atoms with van der Waals surface area (Å²) >= 11 is 1.88. The van der Waals surface area contributed by atoms with Gasteiger partial charge < -0.3 is 5.32 Å². The van der Waals surface area contributed by atoms with E-state index < -0.39 is 0 Å². The molecule has 0 atom stereocenters. The van der Waals surface area contributed by atoms with E-state index >= 15 is 0 Å². The van der Waals surface area contributed by atoms with Gasteiger partial charge in [-0.1, -0.05) is 26.8 Å². The van der Waals surface area contributed by atoms with Crippen LogP contribution in [-0.2, 0) is 0 Å². The van der Waals surface area contributed by atoms with Crippen LogP contribution in [0.15, 0.2) is 29.2 Å². The Morgan fingerprint density at radius 1 is 1.36 bits per heavy atom. The molecule has 0 spiro atoms. The van der Waals surface area contributed by atoms with Crippen LogP contribution in [0.25, 0.3) is 0 Å². The van der Waals surface area contributed by atoms with Crippen LogP contribution < -0.4 is 5.32 Å². The SMILES string of the molecule is CCSc1cccc(NCC(C)C)c1.